The molecule has 1 unspecified atom stereocenters. The van der Waals surface area contributed by atoms with Crippen molar-refractivity contribution in [3.63, 3.8) is 0 Å². The van der Waals surface area contributed by atoms with Crippen molar-refractivity contribution in [3.8, 4) is 0 Å². The molecule has 4 nitrogen and oxygen atoms in total. The zero-order valence-corrected chi connectivity index (χ0v) is 9.61. The van der Waals surface area contributed by atoms with Crippen LogP contribution in [0.4, 0.5) is 0 Å². The maximum absolute atomic E-state index is 5.35. The Morgan fingerprint density at radius 2 is 2.12 bits per heavy atom. The fourth-order valence-corrected chi connectivity index (χ4v) is 2.84. The molecule has 2 aliphatic rings. The predicted molar refractivity (Wildman–Crippen MR) is 60.2 cm³/mol. The third kappa shape index (κ3) is 2.12. The molecule has 1 saturated heterocycles. The second kappa shape index (κ2) is 4.53. The van der Waals surface area contributed by atoms with Crippen molar-refractivity contribution in [3.05, 3.63) is 11.7 Å². The molecule has 2 fully saturated rings. The first-order chi connectivity index (χ1) is 7.92. The average Bonchev–Trinajstić information content (AvgIpc) is 2.99. The van der Waals surface area contributed by atoms with Crippen molar-refractivity contribution in [1.29, 1.82) is 0 Å². The Kier molecular flexibility index (Phi) is 2.91. The Balaban J connectivity index is 1.62. The van der Waals surface area contributed by atoms with Crippen molar-refractivity contribution >= 4 is 0 Å². The molecular weight excluding hydrogens is 202 g/mol. The summed E-state index contributed by atoms with van der Waals surface area (Å²) in [6.07, 6.45) is 7.31. The fourth-order valence-electron chi connectivity index (χ4n) is 2.84. The van der Waals surface area contributed by atoms with E-state index >= 15 is 0 Å². The molecule has 2 heterocycles. The largest absolute Gasteiger partial charge is 0.339 e. The number of rotatable bonds is 3. The predicted octanol–water partition coefficient (Wildman–Crippen LogP) is 1.88. The summed E-state index contributed by atoms with van der Waals surface area (Å²) in [5.41, 5.74) is 0. The summed E-state index contributed by atoms with van der Waals surface area (Å²) >= 11 is 0. The molecule has 1 aromatic rings. The molecule has 16 heavy (non-hydrogen) atoms. The van der Waals surface area contributed by atoms with Crippen LogP contribution in [0, 0.1) is 5.92 Å². The summed E-state index contributed by atoms with van der Waals surface area (Å²) in [6.45, 7) is 2.23. The van der Waals surface area contributed by atoms with E-state index in [1.807, 2.05) is 0 Å². The van der Waals surface area contributed by atoms with Crippen LogP contribution in [-0.2, 0) is 6.42 Å². The van der Waals surface area contributed by atoms with Crippen LogP contribution in [0.3, 0.4) is 0 Å². The summed E-state index contributed by atoms with van der Waals surface area (Å²) in [6, 6.07) is 0. The zero-order valence-electron chi connectivity index (χ0n) is 9.61. The van der Waals surface area contributed by atoms with Crippen molar-refractivity contribution in [2.24, 2.45) is 5.92 Å². The molecule has 0 aromatic carbocycles. The van der Waals surface area contributed by atoms with Gasteiger partial charge in [-0.2, -0.15) is 4.98 Å². The first-order valence-electron chi connectivity index (χ1n) is 6.45. The second-order valence-electron chi connectivity index (χ2n) is 5.09. The lowest BCUT2D eigenvalue weighted by Crippen LogP contribution is -2.10. The van der Waals surface area contributed by atoms with E-state index in [0.29, 0.717) is 11.8 Å². The van der Waals surface area contributed by atoms with Crippen LogP contribution in [0.2, 0.25) is 0 Å². The Morgan fingerprint density at radius 1 is 1.25 bits per heavy atom. The van der Waals surface area contributed by atoms with Gasteiger partial charge in [0.15, 0.2) is 5.82 Å². The Morgan fingerprint density at radius 3 is 2.88 bits per heavy atom. The molecular formula is C12H19N3O. The molecule has 1 aliphatic heterocycles. The molecule has 0 bridgehead atoms. The third-order valence-electron chi connectivity index (χ3n) is 3.83. The fraction of sp³-hybridized carbons (Fsp3) is 0.833. The van der Waals surface area contributed by atoms with Crippen LogP contribution >= 0.6 is 0 Å². The lowest BCUT2D eigenvalue weighted by atomic mass is 10.1. The molecule has 1 aliphatic carbocycles. The van der Waals surface area contributed by atoms with Crippen LogP contribution in [-0.4, -0.2) is 23.2 Å². The summed E-state index contributed by atoms with van der Waals surface area (Å²) in [5.74, 6) is 3.06. The number of nitrogens with one attached hydrogen (secondary N) is 1. The van der Waals surface area contributed by atoms with Gasteiger partial charge in [-0.1, -0.05) is 18.0 Å². The van der Waals surface area contributed by atoms with Gasteiger partial charge in [0.1, 0.15) is 0 Å². The van der Waals surface area contributed by atoms with Crippen molar-refractivity contribution in [2.75, 3.05) is 13.1 Å². The number of aromatic nitrogens is 2. The van der Waals surface area contributed by atoms with E-state index in [0.717, 1.165) is 31.2 Å². The van der Waals surface area contributed by atoms with E-state index in [9.17, 15) is 0 Å². The highest BCUT2D eigenvalue weighted by molar-refractivity contribution is 4.98. The van der Waals surface area contributed by atoms with Gasteiger partial charge < -0.3 is 9.84 Å². The van der Waals surface area contributed by atoms with Crippen LogP contribution in [0.1, 0.15) is 49.7 Å². The smallest absolute Gasteiger partial charge is 0.226 e. The number of hydrogen-bond donors (Lipinski definition) is 1. The highest BCUT2D eigenvalue weighted by atomic mass is 16.5. The maximum atomic E-state index is 5.35. The first-order valence-corrected chi connectivity index (χ1v) is 6.45. The third-order valence-corrected chi connectivity index (χ3v) is 3.83. The highest BCUT2D eigenvalue weighted by Crippen LogP contribution is 2.32. The molecule has 0 spiro atoms. The number of hydrogen-bond acceptors (Lipinski definition) is 4. The molecule has 1 atom stereocenters. The Labute approximate surface area is 95.8 Å². The standard InChI is InChI=1S/C12H19N3O/c1-2-4-10(3-1)12-14-11(16-15-12)7-9-5-6-13-8-9/h9-10,13H,1-8H2. The molecule has 1 N–H and O–H groups in total. The van der Waals surface area contributed by atoms with Gasteiger partial charge in [0.2, 0.25) is 5.89 Å². The molecule has 0 radical (unpaired) electrons. The van der Waals surface area contributed by atoms with Gasteiger partial charge in [0.25, 0.3) is 0 Å². The highest BCUT2D eigenvalue weighted by Gasteiger charge is 2.24. The van der Waals surface area contributed by atoms with Gasteiger partial charge in [0, 0.05) is 12.3 Å². The van der Waals surface area contributed by atoms with Gasteiger partial charge in [-0.3, -0.25) is 0 Å². The van der Waals surface area contributed by atoms with E-state index < -0.39 is 0 Å². The van der Waals surface area contributed by atoms with Crippen LogP contribution in [0.25, 0.3) is 0 Å². The van der Waals surface area contributed by atoms with E-state index in [1.54, 1.807) is 0 Å². The lowest BCUT2D eigenvalue weighted by molar-refractivity contribution is 0.351. The van der Waals surface area contributed by atoms with Gasteiger partial charge >= 0.3 is 0 Å². The van der Waals surface area contributed by atoms with Crippen LogP contribution in [0.5, 0.6) is 0 Å². The van der Waals surface area contributed by atoms with Crippen LogP contribution < -0.4 is 5.32 Å². The Hall–Kier alpha value is -0.900. The summed E-state index contributed by atoms with van der Waals surface area (Å²) in [7, 11) is 0. The van der Waals surface area contributed by atoms with E-state index in [2.05, 4.69) is 15.5 Å². The first kappa shape index (κ1) is 10.3. The van der Waals surface area contributed by atoms with E-state index in [1.165, 1.54) is 32.1 Å². The average molecular weight is 221 g/mol. The lowest BCUT2D eigenvalue weighted by Gasteiger charge is -2.02. The van der Waals surface area contributed by atoms with Gasteiger partial charge in [-0.05, 0) is 38.3 Å². The number of nitrogens with zero attached hydrogens (tertiary/aromatic N) is 2. The van der Waals surface area contributed by atoms with E-state index in [-0.39, 0.29) is 0 Å². The quantitative estimate of drug-likeness (QED) is 0.846. The van der Waals surface area contributed by atoms with Gasteiger partial charge in [-0.15, -0.1) is 0 Å². The van der Waals surface area contributed by atoms with Gasteiger partial charge in [0.05, 0.1) is 0 Å². The summed E-state index contributed by atoms with van der Waals surface area (Å²) in [4.78, 5) is 4.55. The molecule has 0 amide bonds. The zero-order chi connectivity index (χ0) is 10.8. The Bertz CT molecular complexity index is 338. The SMILES string of the molecule is C1CCC(c2noc(CC3CCNC3)n2)C1. The van der Waals surface area contributed by atoms with Crippen molar-refractivity contribution in [1.82, 2.24) is 15.5 Å². The second-order valence-corrected chi connectivity index (χ2v) is 5.09. The summed E-state index contributed by atoms with van der Waals surface area (Å²) < 4.78 is 5.35. The van der Waals surface area contributed by atoms with Gasteiger partial charge in [-0.25, -0.2) is 0 Å². The topological polar surface area (TPSA) is 51.0 Å². The van der Waals surface area contributed by atoms with Crippen molar-refractivity contribution in [2.45, 2.75) is 44.4 Å². The molecule has 88 valence electrons. The maximum Gasteiger partial charge on any atom is 0.226 e. The molecule has 4 heteroatoms. The molecule has 3 rings (SSSR count). The summed E-state index contributed by atoms with van der Waals surface area (Å²) in [5, 5.41) is 7.50. The molecule has 1 saturated carbocycles. The minimum absolute atomic E-state index is 0.569. The molecule has 1 aromatic heterocycles. The van der Waals surface area contributed by atoms with Crippen LogP contribution in [0.15, 0.2) is 4.52 Å². The minimum atomic E-state index is 0.569. The minimum Gasteiger partial charge on any atom is -0.339 e. The normalized spacial score (nSPS) is 26.6. The monoisotopic (exact) mass is 221 g/mol. The van der Waals surface area contributed by atoms with Crippen molar-refractivity contribution < 1.29 is 4.52 Å². The van der Waals surface area contributed by atoms with E-state index in [4.69, 9.17) is 4.52 Å².